The van der Waals surface area contributed by atoms with Crippen molar-refractivity contribution in [2.45, 2.75) is 77.7 Å². The summed E-state index contributed by atoms with van der Waals surface area (Å²) in [6, 6.07) is 14.2. The summed E-state index contributed by atoms with van der Waals surface area (Å²) in [5.41, 5.74) is 4.03. The molecule has 6 unspecified atom stereocenters. The molecule has 8 rings (SSSR count). The molecule has 2 aliphatic carbocycles. The fourth-order valence-corrected chi connectivity index (χ4v) is 9.22. The van der Waals surface area contributed by atoms with Gasteiger partial charge in [-0.2, -0.15) is 0 Å². The lowest BCUT2D eigenvalue weighted by Gasteiger charge is -2.34. The van der Waals surface area contributed by atoms with Crippen LogP contribution in [-0.4, -0.2) is 92.6 Å². The first kappa shape index (κ1) is 38.9. The van der Waals surface area contributed by atoms with Gasteiger partial charge in [0.05, 0.1) is 49.7 Å². The van der Waals surface area contributed by atoms with Crippen LogP contribution in [0.1, 0.15) is 64.6 Å². The van der Waals surface area contributed by atoms with Crippen LogP contribution in [0.2, 0.25) is 0 Å². The Morgan fingerprint density at radius 3 is 2.41 bits per heavy atom. The van der Waals surface area contributed by atoms with Crippen molar-refractivity contribution in [3.05, 3.63) is 72.2 Å². The first-order valence-corrected chi connectivity index (χ1v) is 19.9. The van der Waals surface area contributed by atoms with Crippen molar-refractivity contribution in [2.75, 3.05) is 20.8 Å². The summed E-state index contributed by atoms with van der Waals surface area (Å²) in [7, 11) is 2.53. The molecule has 0 spiro atoms. The maximum Gasteiger partial charge on any atom is 0.407 e. The minimum absolute atomic E-state index is 0.0162. The fourth-order valence-electron chi connectivity index (χ4n) is 9.22. The molecule has 5 aromatic rings. The first-order valence-electron chi connectivity index (χ1n) is 19.9. The number of amides is 4. The van der Waals surface area contributed by atoms with Crippen LogP contribution in [0.5, 0.6) is 0 Å². The summed E-state index contributed by atoms with van der Waals surface area (Å²) in [5.74, 6) is 1.12. The van der Waals surface area contributed by atoms with Crippen LogP contribution >= 0.6 is 0 Å². The molecule has 4 amide bonds. The van der Waals surface area contributed by atoms with Crippen LogP contribution < -0.4 is 10.6 Å². The van der Waals surface area contributed by atoms with Crippen molar-refractivity contribution in [3.8, 4) is 22.4 Å². The second-order valence-corrected chi connectivity index (χ2v) is 16.3. The molecule has 1 aliphatic heterocycles. The molecule has 15 heteroatoms. The summed E-state index contributed by atoms with van der Waals surface area (Å²) in [6.07, 6.45) is 3.11. The quantitative estimate of drug-likeness (QED) is 0.115. The third kappa shape index (κ3) is 7.11. The number of carbonyl (C=O) groups is 4. The van der Waals surface area contributed by atoms with Crippen LogP contribution in [-0.2, 0) is 25.6 Å². The first-order chi connectivity index (χ1) is 27.9. The van der Waals surface area contributed by atoms with Gasteiger partial charge in [0.2, 0.25) is 11.8 Å². The highest BCUT2D eigenvalue weighted by Gasteiger charge is 2.51. The number of imidazole rings is 2. The van der Waals surface area contributed by atoms with Gasteiger partial charge >= 0.3 is 12.2 Å². The lowest BCUT2D eigenvalue weighted by molar-refractivity contribution is -0.136. The molecule has 14 nitrogen and oxygen atoms in total. The Kier molecular flexibility index (Phi) is 10.3. The summed E-state index contributed by atoms with van der Waals surface area (Å²) >= 11 is 0. The maximum atomic E-state index is 15.9. The molecule has 2 saturated carbocycles. The molecule has 2 bridgehead atoms. The number of ether oxygens (including phenoxy) is 2. The number of hydrogen-bond donors (Lipinski definition) is 4. The molecule has 3 fully saturated rings. The number of halogens is 1. The second kappa shape index (κ2) is 15.4. The summed E-state index contributed by atoms with van der Waals surface area (Å²) < 4.78 is 25.3. The highest BCUT2D eigenvalue weighted by atomic mass is 19.1. The van der Waals surface area contributed by atoms with E-state index in [4.69, 9.17) is 9.72 Å². The number of H-pyrrole nitrogens is 2. The van der Waals surface area contributed by atoms with E-state index in [1.807, 2.05) is 55.1 Å². The van der Waals surface area contributed by atoms with E-state index in [1.54, 1.807) is 17.2 Å². The predicted octanol–water partition coefficient (Wildman–Crippen LogP) is 6.68. The third-order valence-corrected chi connectivity index (χ3v) is 12.6. The number of fused-ring (bicyclic) bond motifs is 5. The van der Waals surface area contributed by atoms with Crippen molar-refractivity contribution in [2.24, 2.45) is 23.7 Å². The van der Waals surface area contributed by atoms with Crippen LogP contribution in [0.3, 0.4) is 0 Å². The molecule has 3 aliphatic rings. The Hall–Kier alpha value is -5.99. The Labute approximate surface area is 335 Å². The van der Waals surface area contributed by atoms with Gasteiger partial charge < -0.3 is 39.9 Å². The van der Waals surface area contributed by atoms with E-state index in [2.05, 4.69) is 44.2 Å². The molecular weight excluding hydrogens is 744 g/mol. The number of nitrogens with zero attached hydrogens (tertiary/aromatic N) is 4. The number of methoxy groups -OCH3 is 2. The highest BCUT2D eigenvalue weighted by Crippen LogP contribution is 2.50. The van der Waals surface area contributed by atoms with Gasteiger partial charge in [0.25, 0.3) is 0 Å². The number of nitrogens with one attached hydrogen (secondary N) is 4. The Balaban J connectivity index is 1.01. The molecule has 0 radical (unpaired) electrons. The zero-order valence-corrected chi connectivity index (χ0v) is 33.5. The number of hydrogen-bond acceptors (Lipinski definition) is 8. The molecular formula is C43H49FN8O6. The van der Waals surface area contributed by atoms with Crippen molar-refractivity contribution in [1.29, 1.82) is 0 Å². The molecule has 6 atom stereocenters. The summed E-state index contributed by atoms with van der Waals surface area (Å²) in [5, 5.41) is 7.08. The van der Waals surface area contributed by atoms with E-state index in [9.17, 15) is 19.2 Å². The van der Waals surface area contributed by atoms with E-state index in [0.717, 1.165) is 52.5 Å². The average Bonchev–Trinajstić information content (AvgIpc) is 3.86. The number of piperidine rings is 1. The monoisotopic (exact) mass is 792 g/mol. The normalized spacial score (nSPS) is 22.7. The summed E-state index contributed by atoms with van der Waals surface area (Å²) in [6.45, 7) is 7.97. The number of rotatable bonds is 11. The van der Waals surface area contributed by atoms with E-state index < -0.39 is 24.0 Å². The van der Waals surface area contributed by atoms with Crippen LogP contribution in [0.15, 0.2) is 54.7 Å². The fraction of sp³-hybridized carbons (Fsp3) is 0.442. The molecule has 58 heavy (non-hydrogen) atoms. The van der Waals surface area contributed by atoms with Crippen molar-refractivity contribution < 1.29 is 33.0 Å². The largest absolute Gasteiger partial charge is 0.453 e. The number of likely N-dealkylation sites (tertiary alicyclic amines) is 1. The maximum absolute atomic E-state index is 15.9. The SMILES string of the molecule is COC(=O)NCC(=O)N1C2CCC(C2)C1c1nc2c(ccc3cc(-c4ccc(-c5cnc(CN(C(=O)C(NC(=O)OC)C(C)C)C6C(C)C6C)[nH]5)c(F)c4)ccc32)[nH]1. The van der Waals surface area contributed by atoms with Crippen LogP contribution in [0.25, 0.3) is 44.2 Å². The number of aromatic nitrogens is 4. The van der Waals surface area contributed by atoms with Gasteiger partial charge in [-0.25, -0.2) is 23.9 Å². The number of aromatic amines is 2. The van der Waals surface area contributed by atoms with E-state index >= 15 is 4.39 Å². The Morgan fingerprint density at radius 2 is 1.71 bits per heavy atom. The number of alkyl carbamates (subject to hydrolysis) is 2. The summed E-state index contributed by atoms with van der Waals surface area (Å²) in [4.78, 5) is 70.8. The predicted molar refractivity (Wildman–Crippen MR) is 215 cm³/mol. The topological polar surface area (TPSA) is 175 Å². The van der Waals surface area contributed by atoms with Gasteiger partial charge in [0, 0.05) is 23.0 Å². The molecule has 2 aromatic heterocycles. The van der Waals surface area contributed by atoms with Crippen LogP contribution in [0.4, 0.5) is 14.0 Å². The molecule has 3 aromatic carbocycles. The third-order valence-electron chi connectivity index (χ3n) is 12.6. The van der Waals surface area contributed by atoms with E-state index in [1.165, 1.54) is 20.3 Å². The van der Waals surface area contributed by atoms with Gasteiger partial charge in [-0.05, 0) is 83.7 Å². The van der Waals surface area contributed by atoms with Crippen LogP contribution in [0, 0.1) is 29.5 Å². The van der Waals surface area contributed by atoms with Gasteiger partial charge in [-0.15, -0.1) is 0 Å². The van der Waals surface area contributed by atoms with Gasteiger partial charge in [-0.3, -0.25) is 9.59 Å². The van der Waals surface area contributed by atoms with Gasteiger partial charge in [0.1, 0.15) is 30.1 Å². The zero-order valence-electron chi connectivity index (χ0n) is 33.5. The van der Waals surface area contributed by atoms with E-state index in [0.29, 0.717) is 22.6 Å². The lowest BCUT2D eigenvalue weighted by Crippen LogP contribution is -2.52. The van der Waals surface area contributed by atoms with Crippen molar-refractivity contribution in [1.82, 2.24) is 40.4 Å². The van der Waals surface area contributed by atoms with Gasteiger partial charge in [-0.1, -0.05) is 52.0 Å². The zero-order chi connectivity index (χ0) is 41.0. The second-order valence-electron chi connectivity index (χ2n) is 16.3. The van der Waals surface area contributed by atoms with E-state index in [-0.39, 0.29) is 66.7 Å². The van der Waals surface area contributed by atoms with Crippen molar-refractivity contribution >= 4 is 45.8 Å². The average molecular weight is 793 g/mol. The molecule has 4 N–H and O–H groups in total. The molecule has 1 saturated heterocycles. The number of carbonyl (C=O) groups excluding carboxylic acids is 4. The standard InChI is InChI=1S/C43H49FN8O6/c1-21(2)36(50-43(56)58-6)41(54)51(38-22(3)23(38)4)20-34-45-18-33(47-34)30-13-9-25(17-31(30)44)24-8-12-29-26(15-24)10-14-32-37(29)49-40(48-32)39-27-7-11-28(16-27)52(39)35(53)19-46-42(55)57-5/h8-10,12-15,17-18,21-23,27-28,36,38-39H,7,11,16,19-20H2,1-6H3,(H,45,47)(H,46,55)(H,48,49)(H,50,56). The number of benzene rings is 3. The smallest absolute Gasteiger partial charge is 0.407 e. The molecule has 304 valence electrons. The van der Waals surface area contributed by atoms with Crippen molar-refractivity contribution in [3.63, 3.8) is 0 Å². The lowest BCUT2D eigenvalue weighted by atomic mass is 9.98. The Bertz CT molecular complexity index is 2400. The Morgan fingerprint density at radius 1 is 0.966 bits per heavy atom. The minimum atomic E-state index is -0.774. The minimum Gasteiger partial charge on any atom is -0.453 e. The molecule has 3 heterocycles. The van der Waals surface area contributed by atoms with Gasteiger partial charge in [0.15, 0.2) is 0 Å². The highest BCUT2D eigenvalue weighted by molar-refractivity contribution is 6.05.